The van der Waals surface area contributed by atoms with Crippen molar-refractivity contribution >= 4 is 16.9 Å². The van der Waals surface area contributed by atoms with Gasteiger partial charge in [-0.15, -0.1) is 0 Å². The van der Waals surface area contributed by atoms with E-state index in [0.717, 1.165) is 25.1 Å². The number of pyridine rings is 1. The van der Waals surface area contributed by atoms with E-state index < -0.39 is 0 Å². The molecule has 3 heterocycles. The molecule has 1 atom stereocenters. The van der Waals surface area contributed by atoms with Crippen molar-refractivity contribution in [3.05, 3.63) is 59.9 Å². The van der Waals surface area contributed by atoms with Crippen LogP contribution in [0.4, 0.5) is 4.39 Å². The average molecular weight is 382 g/mol. The number of carbonyl (C=O) groups excluding carboxylic acids is 1. The monoisotopic (exact) mass is 382 g/mol. The van der Waals surface area contributed by atoms with Crippen molar-refractivity contribution in [1.82, 2.24) is 19.9 Å². The minimum atomic E-state index is -0.308. The van der Waals surface area contributed by atoms with Gasteiger partial charge in [0.2, 0.25) is 5.91 Å². The number of halogens is 1. The number of carbonyl (C=O) groups is 1. The number of aromatic nitrogens is 3. The van der Waals surface area contributed by atoms with Crippen LogP contribution < -0.4 is 0 Å². The van der Waals surface area contributed by atoms with Crippen molar-refractivity contribution in [3.8, 4) is 0 Å². The van der Waals surface area contributed by atoms with Crippen LogP contribution in [-0.2, 0) is 22.5 Å². The molecule has 1 aliphatic rings. The van der Waals surface area contributed by atoms with Gasteiger partial charge >= 0.3 is 0 Å². The number of nitrogens with zero attached hydrogens (tertiary/aromatic N) is 3. The number of fused-ring (bicyclic) bond motifs is 1. The molecule has 1 aromatic carbocycles. The zero-order valence-electron chi connectivity index (χ0n) is 15.6. The summed E-state index contributed by atoms with van der Waals surface area (Å²) in [7, 11) is 0. The lowest BCUT2D eigenvalue weighted by Gasteiger charge is -2.25. The van der Waals surface area contributed by atoms with Crippen LogP contribution in [0.2, 0.25) is 0 Å². The number of imidazole rings is 1. The first-order valence-corrected chi connectivity index (χ1v) is 9.61. The second-order valence-corrected chi connectivity index (χ2v) is 7.08. The Balaban J connectivity index is 1.42. The highest BCUT2D eigenvalue weighted by atomic mass is 19.1. The van der Waals surface area contributed by atoms with Gasteiger partial charge in [-0.1, -0.05) is 6.07 Å². The van der Waals surface area contributed by atoms with E-state index in [2.05, 4.69) is 15.0 Å². The van der Waals surface area contributed by atoms with Crippen LogP contribution in [0.3, 0.4) is 0 Å². The molecule has 0 saturated carbocycles. The van der Waals surface area contributed by atoms with Crippen molar-refractivity contribution in [1.29, 1.82) is 0 Å². The molecule has 0 aliphatic carbocycles. The zero-order valence-corrected chi connectivity index (χ0v) is 15.6. The largest absolute Gasteiger partial charge is 0.376 e. The lowest BCUT2D eigenvalue weighted by molar-refractivity contribution is -0.133. The predicted molar refractivity (Wildman–Crippen MR) is 103 cm³/mol. The Morgan fingerprint density at radius 3 is 3.04 bits per heavy atom. The second-order valence-electron chi connectivity index (χ2n) is 7.08. The van der Waals surface area contributed by atoms with E-state index in [1.165, 1.54) is 12.1 Å². The molecule has 1 unspecified atom stereocenters. The zero-order chi connectivity index (χ0) is 19.3. The molecule has 1 saturated heterocycles. The van der Waals surface area contributed by atoms with Crippen LogP contribution in [0.1, 0.15) is 30.8 Å². The van der Waals surface area contributed by atoms with Crippen LogP contribution in [-0.4, -0.2) is 45.0 Å². The Hall–Kier alpha value is -2.80. The first kappa shape index (κ1) is 18.6. The number of hydrogen-bond donors (Lipinski definition) is 1. The van der Waals surface area contributed by atoms with E-state index in [1.54, 1.807) is 12.3 Å². The summed E-state index contributed by atoms with van der Waals surface area (Å²) in [5.74, 6) is 0.411. The minimum absolute atomic E-state index is 0.0350. The van der Waals surface area contributed by atoms with Crippen molar-refractivity contribution in [2.24, 2.45) is 0 Å². The molecule has 1 N–H and O–H groups in total. The Labute approximate surface area is 162 Å². The van der Waals surface area contributed by atoms with Gasteiger partial charge in [0.15, 0.2) is 0 Å². The summed E-state index contributed by atoms with van der Waals surface area (Å²) in [6, 6.07) is 10.1. The van der Waals surface area contributed by atoms with Gasteiger partial charge in [0.05, 0.1) is 29.4 Å². The number of H-pyrrole nitrogens is 1. The van der Waals surface area contributed by atoms with Crippen LogP contribution in [0.5, 0.6) is 0 Å². The minimum Gasteiger partial charge on any atom is -0.376 e. The number of aromatic amines is 1. The van der Waals surface area contributed by atoms with Gasteiger partial charge < -0.3 is 14.6 Å². The van der Waals surface area contributed by atoms with Crippen molar-refractivity contribution < 1.29 is 13.9 Å². The third-order valence-corrected chi connectivity index (χ3v) is 4.95. The van der Waals surface area contributed by atoms with E-state index in [1.807, 2.05) is 23.1 Å². The molecule has 6 nitrogen and oxygen atoms in total. The van der Waals surface area contributed by atoms with E-state index in [4.69, 9.17) is 4.74 Å². The van der Waals surface area contributed by atoms with Gasteiger partial charge in [0.25, 0.3) is 0 Å². The highest BCUT2D eigenvalue weighted by Crippen LogP contribution is 2.17. The van der Waals surface area contributed by atoms with Gasteiger partial charge in [-0.25, -0.2) is 9.37 Å². The Morgan fingerprint density at radius 2 is 2.25 bits per heavy atom. The third kappa shape index (κ3) is 4.54. The third-order valence-electron chi connectivity index (χ3n) is 4.95. The number of nitrogens with one attached hydrogen (secondary N) is 1. The van der Waals surface area contributed by atoms with Crippen molar-refractivity contribution in [2.45, 2.75) is 38.3 Å². The number of aryl methyl sites for hydroxylation is 1. The van der Waals surface area contributed by atoms with Crippen LogP contribution in [0, 0.1) is 5.82 Å². The number of ether oxygens (including phenoxy) is 1. The lowest BCUT2D eigenvalue weighted by Crippen LogP contribution is -2.37. The number of rotatable bonds is 7. The highest BCUT2D eigenvalue weighted by Gasteiger charge is 2.23. The summed E-state index contributed by atoms with van der Waals surface area (Å²) in [6.45, 7) is 1.79. The maximum Gasteiger partial charge on any atom is 0.223 e. The SMILES string of the molecule is O=C(CCc1nc2ccc(F)cc2[nH]1)N(Cc1ccccn1)CC1CCCO1. The van der Waals surface area contributed by atoms with Crippen LogP contribution in [0.15, 0.2) is 42.6 Å². The van der Waals surface area contributed by atoms with Crippen LogP contribution in [0.25, 0.3) is 11.0 Å². The van der Waals surface area contributed by atoms with E-state index in [9.17, 15) is 9.18 Å². The fourth-order valence-corrected chi connectivity index (χ4v) is 3.51. The van der Waals surface area contributed by atoms with E-state index >= 15 is 0 Å². The van der Waals surface area contributed by atoms with Gasteiger partial charge in [0, 0.05) is 32.2 Å². The summed E-state index contributed by atoms with van der Waals surface area (Å²) >= 11 is 0. The number of hydrogen-bond acceptors (Lipinski definition) is 4. The fourth-order valence-electron chi connectivity index (χ4n) is 3.51. The van der Waals surface area contributed by atoms with Gasteiger partial charge in [-0.3, -0.25) is 9.78 Å². The van der Waals surface area contributed by atoms with Gasteiger partial charge in [0.1, 0.15) is 11.6 Å². The Kier molecular flexibility index (Phi) is 5.62. The standard InChI is InChI=1S/C21H23FN4O2/c22-15-6-7-18-19(12-15)25-20(24-18)8-9-21(27)26(14-17-5-3-11-28-17)13-16-4-1-2-10-23-16/h1-2,4,6-7,10,12,17H,3,5,8-9,11,13-14H2,(H,24,25). The number of benzene rings is 1. The molecule has 146 valence electrons. The molecule has 0 bridgehead atoms. The molecule has 2 aromatic heterocycles. The van der Waals surface area contributed by atoms with E-state index in [-0.39, 0.29) is 17.8 Å². The molecule has 0 spiro atoms. The normalized spacial score (nSPS) is 16.5. The van der Waals surface area contributed by atoms with Crippen molar-refractivity contribution in [2.75, 3.05) is 13.2 Å². The van der Waals surface area contributed by atoms with Crippen molar-refractivity contribution in [3.63, 3.8) is 0 Å². The summed E-state index contributed by atoms with van der Waals surface area (Å²) in [4.78, 5) is 26.6. The molecular weight excluding hydrogens is 359 g/mol. The maximum atomic E-state index is 13.3. The van der Waals surface area contributed by atoms with Gasteiger partial charge in [-0.2, -0.15) is 0 Å². The molecule has 1 aliphatic heterocycles. The first-order chi connectivity index (χ1) is 13.7. The van der Waals surface area contributed by atoms with E-state index in [0.29, 0.717) is 42.8 Å². The number of amides is 1. The summed E-state index contributed by atoms with van der Waals surface area (Å²) < 4.78 is 19.1. The fraction of sp³-hybridized carbons (Fsp3) is 0.381. The van der Waals surface area contributed by atoms with Crippen LogP contribution >= 0.6 is 0 Å². The molecule has 28 heavy (non-hydrogen) atoms. The summed E-state index contributed by atoms with van der Waals surface area (Å²) in [5, 5.41) is 0. The molecular formula is C21H23FN4O2. The molecule has 3 aromatic rings. The predicted octanol–water partition coefficient (Wildman–Crippen LogP) is 3.24. The smallest absolute Gasteiger partial charge is 0.223 e. The van der Waals surface area contributed by atoms with Gasteiger partial charge in [-0.05, 0) is 43.2 Å². The molecule has 4 rings (SSSR count). The maximum absolute atomic E-state index is 13.3. The first-order valence-electron chi connectivity index (χ1n) is 9.61. The average Bonchev–Trinajstić information content (AvgIpc) is 3.35. The molecule has 1 amide bonds. The molecule has 7 heteroatoms. The molecule has 1 fully saturated rings. The highest BCUT2D eigenvalue weighted by molar-refractivity contribution is 5.77. The summed E-state index contributed by atoms with van der Waals surface area (Å²) in [5.41, 5.74) is 2.20. The summed E-state index contributed by atoms with van der Waals surface area (Å²) in [6.07, 6.45) is 4.62. The second kappa shape index (κ2) is 8.48. The topological polar surface area (TPSA) is 71.1 Å². The Morgan fingerprint density at radius 1 is 1.32 bits per heavy atom. The molecule has 0 radical (unpaired) electrons. The Bertz CT molecular complexity index is 938. The lowest BCUT2D eigenvalue weighted by atomic mass is 10.2. The quantitative estimate of drug-likeness (QED) is 0.681.